The highest BCUT2D eigenvalue weighted by atomic mass is 32.2. The van der Waals surface area contributed by atoms with E-state index in [1.54, 1.807) is 0 Å². The number of primary sulfonamides is 1. The second-order valence-corrected chi connectivity index (χ2v) is 5.86. The predicted molar refractivity (Wildman–Crippen MR) is 67.2 cm³/mol. The van der Waals surface area contributed by atoms with Crippen molar-refractivity contribution in [1.29, 1.82) is 0 Å². The average Bonchev–Trinajstić information content (AvgIpc) is 2.23. The van der Waals surface area contributed by atoms with Crippen LogP contribution in [0.2, 0.25) is 0 Å². The van der Waals surface area contributed by atoms with Gasteiger partial charge in [-0.15, -0.1) is 0 Å². The molecule has 0 radical (unpaired) electrons. The summed E-state index contributed by atoms with van der Waals surface area (Å²) in [5, 5.41) is 7.94. The average molecular weight is 258 g/mol. The minimum atomic E-state index is -3.37. The van der Waals surface area contributed by atoms with Crippen LogP contribution >= 0.6 is 0 Å². The van der Waals surface area contributed by atoms with Crippen LogP contribution in [0.25, 0.3) is 0 Å². The largest absolute Gasteiger partial charge is 0.370 e. The van der Waals surface area contributed by atoms with E-state index in [1.807, 2.05) is 19.9 Å². The van der Waals surface area contributed by atoms with Gasteiger partial charge in [0.05, 0.1) is 5.75 Å². The first kappa shape index (κ1) is 13.9. The van der Waals surface area contributed by atoms with Crippen LogP contribution in [-0.4, -0.2) is 30.7 Å². The molecule has 1 aromatic rings. The molecule has 0 fully saturated rings. The van der Waals surface area contributed by atoms with Crippen molar-refractivity contribution in [2.45, 2.75) is 26.2 Å². The van der Waals surface area contributed by atoms with Gasteiger partial charge in [-0.05, 0) is 12.3 Å². The normalized spacial score (nSPS) is 11.8. The van der Waals surface area contributed by atoms with Crippen LogP contribution in [0.5, 0.6) is 0 Å². The molecule has 1 heterocycles. The molecule has 3 N–H and O–H groups in total. The molecule has 0 amide bonds. The second kappa shape index (κ2) is 5.92. The van der Waals surface area contributed by atoms with Gasteiger partial charge >= 0.3 is 0 Å². The number of sulfonamides is 1. The smallest absolute Gasteiger partial charge is 0.209 e. The van der Waals surface area contributed by atoms with E-state index < -0.39 is 10.0 Å². The van der Waals surface area contributed by atoms with Crippen molar-refractivity contribution in [2.24, 2.45) is 5.14 Å². The molecule has 0 aliphatic carbocycles. The fourth-order valence-corrected chi connectivity index (χ4v) is 1.82. The van der Waals surface area contributed by atoms with E-state index in [1.165, 1.54) is 6.33 Å². The fraction of sp³-hybridized carbons (Fsp3) is 0.600. The standard InChI is InChI=1S/C10H18N4O2S/c1-8(2)9-6-10(14-7-13-9)12-4-3-5-17(11,15)16/h6-8H,3-5H2,1-2H3,(H2,11,15,16)(H,12,13,14). The lowest BCUT2D eigenvalue weighted by Crippen LogP contribution is -2.18. The van der Waals surface area contributed by atoms with Crippen LogP contribution in [0.1, 0.15) is 31.9 Å². The van der Waals surface area contributed by atoms with E-state index in [4.69, 9.17) is 5.14 Å². The van der Waals surface area contributed by atoms with E-state index in [0.717, 1.165) is 5.69 Å². The van der Waals surface area contributed by atoms with E-state index in [9.17, 15) is 8.42 Å². The van der Waals surface area contributed by atoms with Crippen molar-refractivity contribution >= 4 is 15.8 Å². The van der Waals surface area contributed by atoms with E-state index in [-0.39, 0.29) is 5.75 Å². The summed E-state index contributed by atoms with van der Waals surface area (Å²) in [7, 11) is -3.37. The van der Waals surface area contributed by atoms with Gasteiger partial charge in [0, 0.05) is 18.3 Å². The third-order valence-corrected chi connectivity index (χ3v) is 3.05. The monoisotopic (exact) mass is 258 g/mol. The summed E-state index contributed by atoms with van der Waals surface area (Å²) in [6.45, 7) is 4.62. The summed E-state index contributed by atoms with van der Waals surface area (Å²) in [4.78, 5) is 8.19. The fourth-order valence-electron chi connectivity index (χ4n) is 1.27. The van der Waals surface area contributed by atoms with Crippen molar-refractivity contribution < 1.29 is 8.42 Å². The Balaban J connectivity index is 2.44. The Morgan fingerprint density at radius 1 is 1.41 bits per heavy atom. The van der Waals surface area contributed by atoms with Gasteiger partial charge in [0.25, 0.3) is 0 Å². The first-order chi connectivity index (χ1) is 7.88. The molecule has 0 spiro atoms. The number of anilines is 1. The topological polar surface area (TPSA) is 98.0 Å². The number of hydrogen-bond acceptors (Lipinski definition) is 5. The van der Waals surface area contributed by atoms with Crippen molar-refractivity contribution in [3.8, 4) is 0 Å². The zero-order valence-corrected chi connectivity index (χ0v) is 10.9. The van der Waals surface area contributed by atoms with Gasteiger partial charge < -0.3 is 5.32 Å². The molecule has 7 heteroatoms. The second-order valence-electron chi connectivity index (χ2n) is 4.13. The SMILES string of the molecule is CC(C)c1cc(NCCCS(N)(=O)=O)ncn1. The Bertz CT molecular complexity index is 459. The molecule has 96 valence electrons. The zero-order chi connectivity index (χ0) is 12.9. The first-order valence-electron chi connectivity index (χ1n) is 5.45. The lowest BCUT2D eigenvalue weighted by atomic mass is 10.1. The highest BCUT2D eigenvalue weighted by Gasteiger charge is 2.04. The maximum absolute atomic E-state index is 10.7. The molecule has 1 aromatic heterocycles. The minimum absolute atomic E-state index is 0.0257. The maximum Gasteiger partial charge on any atom is 0.209 e. The molecule has 0 aliphatic heterocycles. The molecular formula is C10H18N4O2S. The van der Waals surface area contributed by atoms with Gasteiger partial charge in [-0.1, -0.05) is 13.8 Å². The van der Waals surface area contributed by atoms with E-state index in [0.29, 0.717) is 24.7 Å². The molecule has 1 rings (SSSR count). The maximum atomic E-state index is 10.7. The predicted octanol–water partition coefficient (Wildman–Crippen LogP) is 0.690. The Morgan fingerprint density at radius 2 is 2.12 bits per heavy atom. The Kier molecular flexibility index (Phi) is 4.83. The Morgan fingerprint density at radius 3 is 2.71 bits per heavy atom. The molecule has 6 nitrogen and oxygen atoms in total. The third-order valence-electron chi connectivity index (χ3n) is 2.19. The Labute approximate surface area is 102 Å². The van der Waals surface area contributed by atoms with E-state index in [2.05, 4.69) is 15.3 Å². The molecule has 0 aliphatic rings. The molecule has 0 saturated heterocycles. The van der Waals surface area contributed by atoms with Crippen LogP contribution in [0.15, 0.2) is 12.4 Å². The summed E-state index contributed by atoms with van der Waals surface area (Å²) >= 11 is 0. The van der Waals surface area contributed by atoms with Crippen molar-refractivity contribution in [2.75, 3.05) is 17.6 Å². The van der Waals surface area contributed by atoms with Gasteiger partial charge in [-0.25, -0.2) is 23.5 Å². The molecule has 17 heavy (non-hydrogen) atoms. The number of rotatable bonds is 6. The molecule has 0 atom stereocenters. The van der Waals surface area contributed by atoms with Crippen LogP contribution in [0.3, 0.4) is 0 Å². The number of hydrogen-bond donors (Lipinski definition) is 2. The summed E-state index contributed by atoms with van der Waals surface area (Å²) in [5.41, 5.74) is 0.953. The highest BCUT2D eigenvalue weighted by molar-refractivity contribution is 7.89. The van der Waals surface area contributed by atoms with Crippen LogP contribution in [0, 0.1) is 0 Å². The van der Waals surface area contributed by atoms with Gasteiger partial charge in [-0.3, -0.25) is 0 Å². The molecule has 0 unspecified atom stereocenters. The number of nitrogens with zero attached hydrogens (tertiary/aromatic N) is 2. The number of nitrogens with two attached hydrogens (primary N) is 1. The lowest BCUT2D eigenvalue weighted by Gasteiger charge is -2.08. The van der Waals surface area contributed by atoms with Gasteiger partial charge in [0.2, 0.25) is 10.0 Å². The zero-order valence-electron chi connectivity index (χ0n) is 10.0. The number of nitrogens with one attached hydrogen (secondary N) is 1. The minimum Gasteiger partial charge on any atom is -0.370 e. The molecule has 0 bridgehead atoms. The summed E-state index contributed by atoms with van der Waals surface area (Å²) in [6, 6.07) is 1.86. The van der Waals surface area contributed by atoms with Crippen molar-refractivity contribution in [3.63, 3.8) is 0 Å². The molecular weight excluding hydrogens is 240 g/mol. The van der Waals surface area contributed by atoms with Crippen LogP contribution in [0.4, 0.5) is 5.82 Å². The van der Waals surface area contributed by atoms with Crippen molar-refractivity contribution in [3.05, 3.63) is 18.1 Å². The van der Waals surface area contributed by atoms with E-state index >= 15 is 0 Å². The van der Waals surface area contributed by atoms with Crippen LogP contribution in [-0.2, 0) is 10.0 Å². The molecule has 0 saturated carbocycles. The Hall–Kier alpha value is -1.21. The summed E-state index contributed by atoms with van der Waals surface area (Å²) in [5.74, 6) is 1.02. The quantitative estimate of drug-likeness (QED) is 0.731. The van der Waals surface area contributed by atoms with Crippen LogP contribution < -0.4 is 10.5 Å². The molecule has 0 aromatic carbocycles. The van der Waals surface area contributed by atoms with Gasteiger partial charge in [0.1, 0.15) is 12.1 Å². The lowest BCUT2D eigenvalue weighted by molar-refractivity contribution is 0.595. The van der Waals surface area contributed by atoms with Gasteiger partial charge in [-0.2, -0.15) is 0 Å². The number of aromatic nitrogens is 2. The first-order valence-corrected chi connectivity index (χ1v) is 7.16. The third kappa shape index (κ3) is 5.60. The van der Waals surface area contributed by atoms with Gasteiger partial charge in [0.15, 0.2) is 0 Å². The summed E-state index contributed by atoms with van der Waals surface area (Å²) < 4.78 is 21.4. The highest BCUT2D eigenvalue weighted by Crippen LogP contribution is 2.13. The summed E-state index contributed by atoms with van der Waals surface area (Å²) in [6.07, 6.45) is 1.96. The van der Waals surface area contributed by atoms with Crippen molar-refractivity contribution in [1.82, 2.24) is 9.97 Å².